The molecule has 5 N–H and O–H groups in total. The lowest BCUT2D eigenvalue weighted by molar-refractivity contribution is 0.100. The number of nitrogens with two attached hydrogens (primary N) is 1. The second kappa shape index (κ2) is 10.1. The van der Waals surface area contributed by atoms with Crippen LogP contribution in [0.1, 0.15) is 41.3 Å². The lowest BCUT2D eigenvalue weighted by atomic mass is 10.0. The number of aromatic nitrogens is 1. The van der Waals surface area contributed by atoms with E-state index in [9.17, 15) is 9.90 Å². The van der Waals surface area contributed by atoms with E-state index in [1.54, 1.807) is 7.11 Å². The Kier molecular flexibility index (Phi) is 6.96. The Hall–Kier alpha value is -3.36. The van der Waals surface area contributed by atoms with Crippen LogP contribution < -0.4 is 25.8 Å². The molecule has 8 nitrogen and oxygen atoms in total. The van der Waals surface area contributed by atoms with Crippen molar-refractivity contribution in [1.82, 2.24) is 10.3 Å². The van der Waals surface area contributed by atoms with Crippen molar-refractivity contribution in [2.75, 3.05) is 25.5 Å². The Balaban J connectivity index is 1.82. The number of aliphatic hydroxyl groups is 1. The predicted octanol–water partition coefficient (Wildman–Crippen LogP) is 3.27. The van der Waals surface area contributed by atoms with Crippen LogP contribution in [0.2, 0.25) is 0 Å². The number of hydrogen-bond donors (Lipinski definition) is 4. The molecule has 2 aromatic carbocycles. The fraction of sp³-hybridized carbons (Fsp3) is 0.360. The Bertz CT molecular complexity index is 1160. The van der Waals surface area contributed by atoms with Crippen LogP contribution in [-0.2, 0) is 13.0 Å². The van der Waals surface area contributed by atoms with Gasteiger partial charge in [-0.15, -0.1) is 0 Å². The molecule has 0 radical (unpaired) electrons. The Morgan fingerprint density at radius 1 is 1.27 bits per heavy atom. The van der Waals surface area contributed by atoms with Crippen LogP contribution >= 0.6 is 0 Å². The highest BCUT2D eigenvalue weighted by Gasteiger charge is 2.21. The van der Waals surface area contributed by atoms with Crippen LogP contribution in [0.4, 0.5) is 11.4 Å². The van der Waals surface area contributed by atoms with Gasteiger partial charge in [0.1, 0.15) is 6.10 Å². The zero-order valence-electron chi connectivity index (χ0n) is 19.0. The fourth-order valence-electron chi connectivity index (χ4n) is 4.32. The van der Waals surface area contributed by atoms with E-state index in [1.165, 1.54) is 6.20 Å². The van der Waals surface area contributed by atoms with Gasteiger partial charge in [-0.25, -0.2) is 0 Å². The molecule has 174 valence electrons. The van der Waals surface area contributed by atoms with Gasteiger partial charge >= 0.3 is 0 Å². The summed E-state index contributed by atoms with van der Waals surface area (Å²) >= 11 is 0. The molecule has 1 aliphatic heterocycles. The van der Waals surface area contributed by atoms with Gasteiger partial charge in [-0.3, -0.25) is 9.78 Å². The quantitative estimate of drug-likeness (QED) is 0.416. The Morgan fingerprint density at radius 2 is 2.06 bits per heavy atom. The number of piperidine rings is 1. The normalized spacial score (nSPS) is 14.3. The number of carbonyl (C=O) groups is 1. The third kappa shape index (κ3) is 4.72. The zero-order valence-corrected chi connectivity index (χ0v) is 19.0. The molecule has 1 fully saturated rings. The number of pyridine rings is 1. The van der Waals surface area contributed by atoms with Gasteiger partial charge in [0.2, 0.25) is 0 Å². The largest absolute Gasteiger partial charge is 0.493 e. The summed E-state index contributed by atoms with van der Waals surface area (Å²) in [6.45, 7) is 3.79. The first-order valence-corrected chi connectivity index (χ1v) is 11.2. The third-order valence-electron chi connectivity index (χ3n) is 6.06. The Labute approximate surface area is 193 Å². The van der Waals surface area contributed by atoms with Gasteiger partial charge in [0.25, 0.3) is 5.91 Å². The van der Waals surface area contributed by atoms with Gasteiger partial charge < -0.3 is 30.9 Å². The van der Waals surface area contributed by atoms with Crippen molar-refractivity contribution >= 4 is 28.2 Å². The topological polar surface area (TPSA) is 119 Å². The van der Waals surface area contributed by atoms with Gasteiger partial charge in [-0.05, 0) is 55.6 Å². The van der Waals surface area contributed by atoms with Crippen LogP contribution in [0.15, 0.2) is 36.5 Å². The number of anilines is 2. The average molecular weight is 451 g/mol. The fourth-order valence-corrected chi connectivity index (χ4v) is 4.32. The number of hydrogen-bond acceptors (Lipinski definition) is 7. The number of rotatable bonds is 8. The van der Waals surface area contributed by atoms with Crippen LogP contribution in [-0.4, -0.2) is 42.3 Å². The van der Waals surface area contributed by atoms with E-state index in [0.29, 0.717) is 34.5 Å². The molecule has 33 heavy (non-hydrogen) atoms. The van der Waals surface area contributed by atoms with Crippen LogP contribution in [0, 0.1) is 0 Å². The van der Waals surface area contributed by atoms with Crippen molar-refractivity contribution in [1.29, 1.82) is 0 Å². The minimum Gasteiger partial charge on any atom is -0.493 e. The van der Waals surface area contributed by atoms with Gasteiger partial charge in [0, 0.05) is 23.3 Å². The van der Waals surface area contributed by atoms with Crippen LogP contribution in [0.25, 0.3) is 10.9 Å². The monoisotopic (exact) mass is 450 g/mol. The van der Waals surface area contributed by atoms with Crippen molar-refractivity contribution in [2.24, 2.45) is 5.73 Å². The maximum absolute atomic E-state index is 12.3. The molecule has 0 saturated carbocycles. The van der Waals surface area contributed by atoms with E-state index in [0.717, 1.165) is 42.7 Å². The van der Waals surface area contributed by atoms with E-state index in [2.05, 4.69) is 15.6 Å². The summed E-state index contributed by atoms with van der Waals surface area (Å²) in [7, 11) is 1.59. The molecule has 4 rings (SSSR count). The lowest BCUT2D eigenvalue weighted by Gasteiger charge is -2.25. The number of ether oxygens (including phenoxy) is 2. The third-order valence-corrected chi connectivity index (χ3v) is 6.06. The van der Waals surface area contributed by atoms with Gasteiger partial charge in [-0.1, -0.05) is 19.1 Å². The number of nitrogens with one attached hydrogen (secondary N) is 2. The van der Waals surface area contributed by atoms with E-state index in [-0.39, 0.29) is 18.3 Å². The van der Waals surface area contributed by atoms with Crippen molar-refractivity contribution in [3.8, 4) is 11.5 Å². The molecule has 2 heterocycles. The molecule has 0 spiro atoms. The number of amides is 1. The number of primary amides is 1. The highest BCUT2D eigenvalue weighted by Crippen LogP contribution is 2.38. The van der Waals surface area contributed by atoms with E-state index < -0.39 is 5.91 Å². The van der Waals surface area contributed by atoms with Gasteiger partial charge in [-0.2, -0.15) is 0 Å². The minimum atomic E-state index is -0.586. The summed E-state index contributed by atoms with van der Waals surface area (Å²) in [6.07, 6.45) is 4.14. The first-order chi connectivity index (χ1) is 16.0. The maximum atomic E-state index is 12.3. The number of methoxy groups -OCH3 is 1. The SMILES string of the molecule is CCc1c(CO)cccc1Nc1c(C(N)=O)cnc2cc(OC3CCNCC3)c(OC)cc12. The second-order valence-corrected chi connectivity index (χ2v) is 8.08. The molecule has 1 aromatic heterocycles. The maximum Gasteiger partial charge on any atom is 0.252 e. The molecular weight excluding hydrogens is 420 g/mol. The standard InChI is InChI=1S/C25H30N4O4/c1-3-17-15(14-30)5-4-6-20(17)29-24-18-11-22(32-2)23(33-16-7-9-27-10-8-16)12-21(18)28-13-19(24)25(26)31/h4-6,11-13,16,27,30H,3,7-10,14H2,1-2H3,(H2,26,31)(H,28,29). The molecule has 8 heteroatoms. The summed E-state index contributed by atoms with van der Waals surface area (Å²) in [4.78, 5) is 16.7. The molecule has 1 saturated heterocycles. The summed E-state index contributed by atoms with van der Waals surface area (Å²) in [5, 5.41) is 17.2. The number of benzene rings is 2. The van der Waals surface area contributed by atoms with E-state index in [4.69, 9.17) is 15.2 Å². The lowest BCUT2D eigenvalue weighted by Crippen LogP contribution is -2.34. The molecular formula is C25H30N4O4. The molecule has 0 aliphatic carbocycles. The van der Waals surface area contributed by atoms with Gasteiger partial charge in [0.05, 0.1) is 30.5 Å². The van der Waals surface area contributed by atoms with Crippen molar-refractivity contribution < 1.29 is 19.4 Å². The molecule has 1 amide bonds. The van der Waals surface area contributed by atoms with Gasteiger partial charge in [0.15, 0.2) is 11.5 Å². The average Bonchev–Trinajstić information content (AvgIpc) is 2.84. The first-order valence-electron chi connectivity index (χ1n) is 11.2. The number of fused-ring (bicyclic) bond motifs is 1. The van der Waals surface area contributed by atoms with E-state index in [1.807, 2.05) is 37.3 Å². The van der Waals surface area contributed by atoms with Crippen molar-refractivity contribution in [2.45, 2.75) is 38.9 Å². The molecule has 0 unspecified atom stereocenters. The minimum absolute atomic E-state index is 0.0658. The highest BCUT2D eigenvalue weighted by molar-refractivity contribution is 6.08. The summed E-state index contributed by atoms with van der Waals surface area (Å²) < 4.78 is 11.9. The molecule has 0 bridgehead atoms. The summed E-state index contributed by atoms with van der Waals surface area (Å²) in [5.41, 5.74) is 9.76. The molecule has 1 aliphatic rings. The van der Waals surface area contributed by atoms with Crippen LogP contribution in [0.3, 0.4) is 0 Å². The first kappa shape index (κ1) is 22.8. The Morgan fingerprint density at radius 3 is 2.73 bits per heavy atom. The van der Waals surface area contributed by atoms with Crippen molar-refractivity contribution in [3.05, 3.63) is 53.2 Å². The predicted molar refractivity (Wildman–Crippen MR) is 128 cm³/mol. The zero-order chi connectivity index (χ0) is 23.4. The summed E-state index contributed by atoms with van der Waals surface area (Å²) in [5.74, 6) is 0.600. The number of nitrogens with zero attached hydrogens (tertiary/aromatic N) is 1. The molecule has 3 aromatic rings. The van der Waals surface area contributed by atoms with Crippen molar-refractivity contribution in [3.63, 3.8) is 0 Å². The summed E-state index contributed by atoms with van der Waals surface area (Å²) in [6, 6.07) is 9.34. The van der Waals surface area contributed by atoms with E-state index >= 15 is 0 Å². The second-order valence-electron chi connectivity index (χ2n) is 8.08. The smallest absolute Gasteiger partial charge is 0.252 e. The number of aliphatic hydroxyl groups excluding tert-OH is 1. The molecule has 0 atom stereocenters. The number of carbonyl (C=O) groups excluding carboxylic acids is 1. The van der Waals surface area contributed by atoms with Crippen LogP contribution in [0.5, 0.6) is 11.5 Å². The highest BCUT2D eigenvalue weighted by atomic mass is 16.5.